The van der Waals surface area contributed by atoms with Crippen molar-refractivity contribution in [3.05, 3.63) is 23.8 Å². The molecule has 0 aromatic rings. The Balaban J connectivity index is 2.26. The molecule has 0 aromatic carbocycles. The Kier molecular flexibility index (Phi) is 4.45. The van der Waals surface area contributed by atoms with Crippen molar-refractivity contribution in [1.29, 1.82) is 0 Å². The molecule has 114 valence electrons. The fourth-order valence-corrected chi connectivity index (χ4v) is 3.30. The van der Waals surface area contributed by atoms with Gasteiger partial charge in [0.15, 0.2) is 0 Å². The lowest BCUT2D eigenvalue weighted by Gasteiger charge is -2.26. The summed E-state index contributed by atoms with van der Waals surface area (Å²) in [6.07, 6.45) is 5.56. The zero-order valence-corrected chi connectivity index (χ0v) is 12.2. The van der Waals surface area contributed by atoms with E-state index < -0.39 is 29.7 Å². The van der Waals surface area contributed by atoms with Crippen LogP contribution in [0.2, 0.25) is 0 Å². The lowest BCUT2D eigenvalue weighted by Crippen LogP contribution is -2.35. The van der Waals surface area contributed by atoms with Gasteiger partial charge in [0.05, 0.1) is 33.2 Å². The van der Waals surface area contributed by atoms with E-state index in [9.17, 15) is 14.4 Å². The number of ether oxygens (including phenoxy) is 3. The van der Waals surface area contributed by atoms with Crippen LogP contribution in [0.15, 0.2) is 23.8 Å². The molecule has 2 rings (SSSR count). The molecule has 2 aliphatic carbocycles. The van der Waals surface area contributed by atoms with Crippen molar-refractivity contribution in [2.45, 2.75) is 6.42 Å². The second kappa shape index (κ2) is 6.11. The summed E-state index contributed by atoms with van der Waals surface area (Å²) in [5.41, 5.74) is 0.862. The first-order valence-corrected chi connectivity index (χ1v) is 6.66. The summed E-state index contributed by atoms with van der Waals surface area (Å²) in [7, 11) is 3.91. The van der Waals surface area contributed by atoms with Crippen molar-refractivity contribution in [3.8, 4) is 0 Å². The molecular weight excluding hydrogens is 276 g/mol. The van der Waals surface area contributed by atoms with Crippen molar-refractivity contribution in [1.82, 2.24) is 0 Å². The molecule has 0 amide bonds. The van der Waals surface area contributed by atoms with Crippen LogP contribution in [0.5, 0.6) is 0 Å². The van der Waals surface area contributed by atoms with E-state index in [1.807, 2.05) is 6.08 Å². The molecule has 4 atom stereocenters. The zero-order valence-electron chi connectivity index (χ0n) is 12.2. The van der Waals surface area contributed by atoms with Crippen LogP contribution >= 0.6 is 0 Å². The van der Waals surface area contributed by atoms with Gasteiger partial charge in [0.1, 0.15) is 0 Å². The molecule has 6 nitrogen and oxygen atoms in total. The van der Waals surface area contributed by atoms with Gasteiger partial charge in [0.25, 0.3) is 0 Å². The normalized spacial score (nSPS) is 30.1. The van der Waals surface area contributed by atoms with Gasteiger partial charge in [-0.3, -0.25) is 9.59 Å². The van der Waals surface area contributed by atoms with Gasteiger partial charge in [-0.15, -0.1) is 0 Å². The molecule has 6 heteroatoms. The van der Waals surface area contributed by atoms with Gasteiger partial charge in [0, 0.05) is 6.08 Å². The maximum atomic E-state index is 12.0. The summed E-state index contributed by atoms with van der Waals surface area (Å²) in [6.45, 7) is 0. The minimum Gasteiger partial charge on any atom is -0.469 e. The van der Waals surface area contributed by atoms with Gasteiger partial charge in [-0.2, -0.15) is 0 Å². The number of allylic oxidation sites excluding steroid dienone is 3. The van der Waals surface area contributed by atoms with E-state index in [0.717, 1.165) is 5.57 Å². The number of hydrogen-bond donors (Lipinski definition) is 0. The van der Waals surface area contributed by atoms with Crippen LogP contribution in [0.25, 0.3) is 0 Å². The summed E-state index contributed by atoms with van der Waals surface area (Å²) in [5, 5.41) is 0. The van der Waals surface area contributed by atoms with Crippen LogP contribution < -0.4 is 0 Å². The maximum absolute atomic E-state index is 12.0. The molecule has 0 unspecified atom stereocenters. The van der Waals surface area contributed by atoms with Crippen molar-refractivity contribution in [2.24, 2.45) is 23.7 Å². The number of carbonyl (C=O) groups is 3. The second-order valence-electron chi connectivity index (χ2n) is 5.13. The minimum absolute atomic E-state index is 0.0659. The Morgan fingerprint density at radius 2 is 1.67 bits per heavy atom. The molecule has 0 aliphatic heterocycles. The SMILES string of the molecule is COC(=O)/C=C/C1=C[C@H]2C[C@@H]1[C@@H](C(=O)OC)[C@H]2C(=O)OC. The minimum atomic E-state index is -0.560. The van der Waals surface area contributed by atoms with E-state index in [1.165, 1.54) is 27.4 Å². The average Bonchev–Trinajstić information content (AvgIpc) is 3.08. The lowest BCUT2D eigenvalue weighted by molar-refractivity contribution is -0.158. The number of rotatable bonds is 4. The predicted molar refractivity (Wildman–Crippen MR) is 71.8 cm³/mol. The Hall–Kier alpha value is -2.11. The van der Waals surface area contributed by atoms with Crippen LogP contribution in [0, 0.1) is 23.7 Å². The molecule has 1 fully saturated rings. The Morgan fingerprint density at radius 1 is 1.05 bits per heavy atom. The molecule has 0 spiro atoms. The van der Waals surface area contributed by atoms with Gasteiger partial charge < -0.3 is 14.2 Å². The Bertz CT molecular complexity index is 518. The van der Waals surface area contributed by atoms with E-state index in [-0.39, 0.29) is 11.8 Å². The third-order valence-corrected chi connectivity index (χ3v) is 4.20. The molecule has 0 saturated heterocycles. The van der Waals surface area contributed by atoms with Crippen LogP contribution in [-0.4, -0.2) is 39.2 Å². The van der Waals surface area contributed by atoms with E-state index in [0.29, 0.717) is 6.42 Å². The van der Waals surface area contributed by atoms with Crippen LogP contribution in [0.4, 0.5) is 0 Å². The second-order valence-corrected chi connectivity index (χ2v) is 5.13. The van der Waals surface area contributed by atoms with Crippen molar-refractivity contribution < 1.29 is 28.6 Å². The van der Waals surface area contributed by atoms with Gasteiger partial charge in [-0.1, -0.05) is 12.2 Å². The Labute approximate surface area is 122 Å². The lowest BCUT2D eigenvalue weighted by atomic mass is 9.79. The Morgan fingerprint density at radius 3 is 2.24 bits per heavy atom. The molecule has 2 aliphatic rings. The van der Waals surface area contributed by atoms with E-state index in [4.69, 9.17) is 9.47 Å². The third kappa shape index (κ3) is 2.70. The average molecular weight is 294 g/mol. The molecule has 0 radical (unpaired) electrons. The van der Waals surface area contributed by atoms with Crippen molar-refractivity contribution in [2.75, 3.05) is 21.3 Å². The van der Waals surface area contributed by atoms with Crippen molar-refractivity contribution >= 4 is 17.9 Å². The summed E-state index contributed by atoms with van der Waals surface area (Å²) in [5.74, 6) is -2.55. The van der Waals surface area contributed by atoms with Crippen LogP contribution in [0.3, 0.4) is 0 Å². The molecule has 2 bridgehead atoms. The summed E-state index contributed by atoms with van der Waals surface area (Å²) >= 11 is 0. The number of fused-ring (bicyclic) bond motifs is 2. The largest absolute Gasteiger partial charge is 0.469 e. The first-order chi connectivity index (χ1) is 10.0. The monoisotopic (exact) mass is 294 g/mol. The molecular formula is C15H18O6. The number of methoxy groups -OCH3 is 3. The van der Waals surface area contributed by atoms with Gasteiger partial charge >= 0.3 is 17.9 Å². The maximum Gasteiger partial charge on any atom is 0.330 e. The number of esters is 3. The molecule has 1 saturated carbocycles. The van der Waals surface area contributed by atoms with Gasteiger partial charge in [-0.05, 0) is 23.8 Å². The highest BCUT2D eigenvalue weighted by atomic mass is 16.5. The summed E-state index contributed by atoms with van der Waals surface area (Å²) in [6, 6.07) is 0. The zero-order chi connectivity index (χ0) is 15.6. The predicted octanol–water partition coefficient (Wildman–Crippen LogP) is 0.870. The smallest absolute Gasteiger partial charge is 0.330 e. The van der Waals surface area contributed by atoms with Gasteiger partial charge in [0.2, 0.25) is 0 Å². The summed E-state index contributed by atoms with van der Waals surface area (Å²) in [4.78, 5) is 35.1. The highest BCUT2D eigenvalue weighted by Crippen LogP contribution is 2.52. The van der Waals surface area contributed by atoms with E-state index in [1.54, 1.807) is 6.08 Å². The van der Waals surface area contributed by atoms with E-state index >= 15 is 0 Å². The topological polar surface area (TPSA) is 78.9 Å². The first kappa shape index (κ1) is 15.3. The third-order valence-electron chi connectivity index (χ3n) is 4.20. The van der Waals surface area contributed by atoms with E-state index in [2.05, 4.69) is 4.74 Å². The standard InChI is InChI=1S/C15H18O6/c1-19-11(16)5-4-8-6-9-7-10(8)13(15(18)21-3)12(9)14(17)20-2/h4-6,9-10,12-13H,7H2,1-3H3/b5-4+/t9-,10-,12-,13+/m0/s1. The quantitative estimate of drug-likeness (QED) is 0.435. The van der Waals surface area contributed by atoms with Crippen LogP contribution in [-0.2, 0) is 28.6 Å². The van der Waals surface area contributed by atoms with Crippen molar-refractivity contribution in [3.63, 3.8) is 0 Å². The molecule has 21 heavy (non-hydrogen) atoms. The summed E-state index contributed by atoms with van der Waals surface area (Å²) < 4.78 is 14.2. The number of hydrogen-bond acceptors (Lipinski definition) is 6. The first-order valence-electron chi connectivity index (χ1n) is 6.66. The molecule has 0 N–H and O–H groups in total. The van der Waals surface area contributed by atoms with Crippen LogP contribution in [0.1, 0.15) is 6.42 Å². The highest BCUT2D eigenvalue weighted by molar-refractivity contribution is 5.86. The fraction of sp³-hybridized carbons (Fsp3) is 0.533. The number of carbonyl (C=O) groups excluding carboxylic acids is 3. The molecule has 0 aromatic heterocycles. The molecule has 0 heterocycles. The highest BCUT2D eigenvalue weighted by Gasteiger charge is 2.55. The van der Waals surface area contributed by atoms with Gasteiger partial charge in [-0.25, -0.2) is 4.79 Å². The fourth-order valence-electron chi connectivity index (χ4n) is 3.30.